The Bertz CT molecular complexity index is 560. The van der Waals surface area contributed by atoms with Gasteiger partial charge in [-0.15, -0.1) is 0 Å². The summed E-state index contributed by atoms with van der Waals surface area (Å²) in [5.41, 5.74) is 2.17. The Balaban J connectivity index is 2.24. The maximum absolute atomic E-state index is 6.27. The molecule has 106 valence electrons. The van der Waals surface area contributed by atoms with Gasteiger partial charge in [0.05, 0.1) is 11.7 Å². The summed E-state index contributed by atoms with van der Waals surface area (Å²) in [5.74, 6) is 0. The van der Waals surface area contributed by atoms with Gasteiger partial charge in [-0.1, -0.05) is 36.7 Å². The van der Waals surface area contributed by atoms with E-state index in [2.05, 4.69) is 39.2 Å². The number of hydrogen-bond acceptors (Lipinski definition) is 2. The zero-order valence-corrected chi connectivity index (χ0v) is 13.8. The Kier molecular flexibility index (Phi) is 6.02. The molecular formula is C16H18BrClN2. The van der Waals surface area contributed by atoms with Crippen molar-refractivity contribution in [1.29, 1.82) is 0 Å². The molecular weight excluding hydrogens is 336 g/mol. The number of benzene rings is 1. The van der Waals surface area contributed by atoms with E-state index < -0.39 is 0 Å². The van der Waals surface area contributed by atoms with Crippen molar-refractivity contribution in [1.82, 2.24) is 10.3 Å². The van der Waals surface area contributed by atoms with Crippen molar-refractivity contribution < 1.29 is 0 Å². The SMILES string of the molecule is CCCNC(Cc1ccccc1Cl)c1ncccc1Br. The maximum Gasteiger partial charge on any atom is 0.0718 e. The van der Waals surface area contributed by atoms with Crippen molar-refractivity contribution in [2.45, 2.75) is 25.8 Å². The average Bonchev–Trinajstić information content (AvgIpc) is 2.46. The first-order valence-electron chi connectivity index (χ1n) is 6.79. The van der Waals surface area contributed by atoms with Gasteiger partial charge in [0.2, 0.25) is 0 Å². The van der Waals surface area contributed by atoms with Gasteiger partial charge in [-0.05, 0) is 59.1 Å². The lowest BCUT2D eigenvalue weighted by atomic mass is 10.0. The number of halogens is 2. The molecule has 0 radical (unpaired) electrons. The molecule has 0 aliphatic carbocycles. The second-order valence-corrected chi connectivity index (χ2v) is 5.93. The molecule has 0 spiro atoms. The molecule has 2 rings (SSSR count). The van der Waals surface area contributed by atoms with Crippen molar-refractivity contribution in [3.05, 3.63) is 63.3 Å². The summed E-state index contributed by atoms with van der Waals surface area (Å²) in [6.45, 7) is 3.12. The lowest BCUT2D eigenvalue weighted by Gasteiger charge is -2.20. The minimum absolute atomic E-state index is 0.158. The fourth-order valence-electron chi connectivity index (χ4n) is 2.12. The highest BCUT2D eigenvalue weighted by atomic mass is 79.9. The third-order valence-corrected chi connectivity index (χ3v) is 4.18. The molecule has 1 N–H and O–H groups in total. The van der Waals surface area contributed by atoms with E-state index in [1.54, 1.807) is 0 Å². The van der Waals surface area contributed by atoms with E-state index >= 15 is 0 Å². The van der Waals surface area contributed by atoms with E-state index in [9.17, 15) is 0 Å². The second kappa shape index (κ2) is 7.77. The molecule has 1 unspecified atom stereocenters. The van der Waals surface area contributed by atoms with E-state index in [4.69, 9.17) is 11.6 Å². The molecule has 1 aromatic carbocycles. The molecule has 1 heterocycles. The third-order valence-electron chi connectivity index (χ3n) is 3.14. The molecule has 0 saturated heterocycles. The van der Waals surface area contributed by atoms with Crippen LogP contribution in [0.2, 0.25) is 5.02 Å². The first-order chi connectivity index (χ1) is 9.72. The predicted molar refractivity (Wildman–Crippen MR) is 88.1 cm³/mol. The minimum Gasteiger partial charge on any atom is -0.308 e. The fourth-order valence-corrected chi connectivity index (χ4v) is 2.87. The number of rotatable bonds is 6. The van der Waals surface area contributed by atoms with E-state index in [1.807, 2.05) is 36.5 Å². The molecule has 0 aliphatic rings. The molecule has 0 bridgehead atoms. The molecule has 0 saturated carbocycles. The maximum atomic E-state index is 6.27. The van der Waals surface area contributed by atoms with Gasteiger partial charge in [0.15, 0.2) is 0 Å². The van der Waals surface area contributed by atoms with Crippen LogP contribution in [0.4, 0.5) is 0 Å². The highest BCUT2D eigenvalue weighted by Gasteiger charge is 2.16. The molecule has 2 aromatic rings. The average molecular weight is 354 g/mol. The number of aromatic nitrogens is 1. The summed E-state index contributed by atoms with van der Waals surface area (Å²) in [4.78, 5) is 4.50. The van der Waals surface area contributed by atoms with Gasteiger partial charge in [0, 0.05) is 15.7 Å². The summed E-state index contributed by atoms with van der Waals surface area (Å²) in [5, 5.41) is 4.36. The van der Waals surface area contributed by atoms with Gasteiger partial charge < -0.3 is 5.32 Å². The Morgan fingerprint density at radius 2 is 2.05 bits per heavy atom. The molecule has 1 aromatic heterocycles. The van der Waals surface area contributed by atoms with Crippen LogP contribution in [-0.2, 0) is 6.42 Å². The normalized spacial score (nSPS) is 12.3. The molecule has 20 heavy (non-hydrogen) atoms. The Morgan fingerprint density at radius 1 is 1.25 bits per heavy atom. The van der Waals surface area contributed by atoms with Crippen LogP contribution >= 0.6 is 27.5 Å². The highest BCUT2D eigenvalue weighted by Crippen LogP contribution is 2.26. The van der Waals surface area contributed by atoms with Crippen LogP contribution in [0.15, 0.2) is 47.1 Å². The molecule has 1 atom stereocenters. The van der Waals surface area contributed by atoms with Gasteiger partial charge in [0.25, 0.3) is 0 Å². The Labute approximate surface area is 133 Å². The van der Waals surface area contributed by atoms with Gasteiger partial charge in [0.1, 0.15) is 0 Å². The molecule has 0 fully saturated rings. The summed E-state index contributed by atoms with van der Waals surface area (Å²) in [6.07, 6.45) is 3.74. The predicted octanol–water partition coefficient (Wildman–Crippen LogP) is 4.78. The summed E-state index contributed by atoms with van der Waals surface area (Å²) in [7, 11) is 0. The van der Waals surface area contributed by atoms with Crippen LogP contribution in [0.5, 0.6) is 0 Å². The summed E-state index contributed by atoms with van der Waals surface area (Å²) < 4.78 is 1.03. The van der Waals surface area contributed by atoms with Crippen LogP contribution in [-0.4, -0.2) is 11.5 Å². The lowest BCUT2D eigenvalue weighted by Crippen LogP contribution is -2.25. The highest BCUT2D eigenvalue weighted by molar-refractivity contribution is 9.10. The number of hydrogen-bond donors (Lipinski definition) is 1. The van der Waals surface area contributed by atoms with Crippen molar-refractivity contribution in [3.63, 3.8) is 0 Å². The van der Waals surface area contributed by atoms with E-state index in [1.165, 1.54) is 0 Å². The lowest BCUT2D eigenvalue weighted by molar-refractivity contribution is 0.516. The Morgan fingerprint density at radius 3 is 2.75 bits per heavy atom. The zero-order chi connectivity index (χ0) is 14.4. The van der Waals surface area contributed by atoms with Gasteiger partial charge >= 0.3 is 0 Å². The van der Waals surface area contributed by atoms with Crippen molar-refractivity contribution in [3.8, 4) is 0 Å². The largest absolute Gasteiger partial charge is 0.308 e. The Hall–Kier alpha value is -0.900. The number of nitrogens with one attached hydrogen (secondary N) is 1. The van der Waals surface area contributed by atoms with Gasteiger partial charge in [-0.3, -0.25) is 4.98 Å². The third kappa shape index (κ3) is 4.05. The smallest absolute Gasteiger partial charge is 0.0718 e. The van der Waals surface area contributed by atoms with Crippen LogP contribution in [0.25, 0.3) is 0 Å². The van der Waals surface area contributed by atoms with Crippen molar-refractivity contribution in [2.75, 3.05) is 6.54 Å². The van der Waals surface area contributed by atoms with Gasteiger partial charge in [-0.2, -0.15) is 0 Å². The standard InChI is InChI=1S/C16H18BrClN2/c1-2-9-19-15(16-13(17)7-5-10-20-16)11-12-6-3-4-8-14(12)18/h3-8,10,15,19H,2,9,11H2,1H3. The zero-order valence-electron chi connectivity index (χ0n) is 11.4. The van der Waals surface area contributed by atoms with Crippen LogP contribution < -0.4 is 5.32 Å². The summed E-state index contributed by atoms with van der Waals surface area (Å²) >= 11 is 9.85. The first-order valence-corrected chi connectivity index (χ1v) is 7.96. The first kappa shape index (κ1) is 15.5. The topological polar surface area (TPSA) is 24.9 Å². The van der Waals surface area contributed by atoms with Crippen LogP contribution in [0.1, 0.15) is 30.6 Å². The van der Waals surface area contributed by atoms with E-state index in [-0.39, 0.29) is 6.04 Å². The van der Waals surface area contributed by atoms with Crippen LogP contribution in [0.3, 0.4) is 0 Å². The van der Waals surface area contributed by atoms with Crippen molar-refractivity contribution in [2.24, 2.45) is 0 Å². The monoisotopic (exact) mass is 352 g/mol. The minimum atomic E-state index is 0.158. The van der Waals surface area contributed by atoms with Gasteiger partial charge in [-0.25, -0.2) is 0 Å². The molecule has 4 heteroatoms. The number of pyridine rings is 1. The fraction of sp³-hybridized carbons (Fsp3) is 0.312. The van der Waals surface area contributed by atoms with E-state index in [0.717, 1.165) is 40.1 Å². The number of nitrogens with zero attached hydrogens (tertiary/aromatic N) is 1. The molecule has 2 nitrogen and oxygen atoms in total. The summed E-state index contributed by atoms with van der Waals surface area (Å²) in [6, 6.07) is 12.1. The quantitative estimate of drug-likeness (QED) is 0.808. The van der Waals surface area contributed by atoms with Crippen molar-refractivity contribution >= 4 is 27.5 Å². The molecule has 0 amide bonds. The van der Waals surface area contributed by atoms with E-state index in [0.29, 0.717) is 0 Å². The molecule has 0 aliphatic heterocycles. The van der Waals surface area contributed by atoms with Crippen LogP contribution in [0, 0.1) is 0 Å². The second-order valence-electron chi connectivity index (χ2n) is 4.67.